The van der Waals surface area contributed by atoms with Gasteiger partial charge in [-0.2, -0.15) is 0 Å². The molecule has 0 aromatic heterocycles. The van der Waals surface area contributed by atoms with Crippen LogP contribution in [0.5, 0.6) is 0 Å². The van der Waals surface area contributed by atoms with E-state index in [1.54, 1.807) is 0 Å². The first-order valence-electron chi connectivity index (χ1n) is 9.30. The van der Waals surface area contributed by atoms with Crippen LogP contribution >= 0.6 is 0 Å². The van der Waals surface area contributed by atoms with E-state index in [1.165, 1.54) is 27.3 Å². The van der Waals surface area contributed by atoms with Crippen molar-refractivity contribution in [3.05, 3.63) is 102 Å². The summed E-state index contributed by atoms with van der Waals surface area (Å²) < 4.78 is 1.51. The third kappa shape index (κ3) is 3.64. The van der Waals surface area contributed by atoms with Crippen LogP contribution in [0, 0.1) is 0 Å². The summed E-state index contributed by atoms with van der Waals surface area (Å²) in [7, 11) is 0. The third-order valence-corrected chi connectivity index (χ3v) is 7.91. The molecule has 0 aliphatic carbocycles. The van der Waals surface area contributed by atoms with Gasteiger partial charge in [0.15, 0.2) is 0 Å². The Bertz CT molecular complexity index is 819. The molecule has 0 N–H and O–H groups in total. The van der Waals surface area contributed by atoms with Gasteiger partial charge in [-0.3, -0.25) is 0 Å². The monoisotopic (exact) mass is 407 g/mol. The minimum atomic E-state index is 0.147. The van der Waals surface area contributed by atoms with Gasteiger partial charge in [0.2, 0.25) is 0 Å². The fraction of sp³-hybridized carbons (Fsp3) is 0.250. The number of nitrogens with zero attached hydrogens (tertiary/aromatic N) is 1. The molecule has 0 saturated carbocycles. The molecule has 3 aromatic carbocycles. The Morgan fingerprint density at radius 1 is 0.846 bits per heavy atom. The first-order chi connectivity index (χ1) is 12.8. The van der Waals surface area contributed by atoms with Crippen molar-refractivity contribution in [1.29, 1.82) is 0 Å². The maximum atomic E-state index is 2.72. The van der Waals surface area contributed by atoms with Crippen LogP contribution in [0.1, 0.15) is 24.5 Å². The molecule has 1 heterocycles. The summed E-state index contributed by atoms with van der Waals surface area (Å²) >= 11 is 0.541. The topological polar surface area (TPSA) is 3.24 Å². The zero-order valence-corrected chi connectivity index (χ0v) is 16.9. The molecule has 26 heavy (non-hydrogen) atoms. The summed E-state index contributed by atoms with van der Waals surface area (Å²) in [6.45, 7) is 3.44. The van der Waals surface area contributed by atoms with Crippen LogP contribution in [0.4, 0.5) is 0 Å². The van der Waals surface area contributed by atoms with Gasteiger partial charge in [0.05, 0.1) is 0 Å². The second-order valence-corrected chi connectivity index (χ2v) is 9.53. The van der Waals surface area contributed by atoms with Gasteiger partial charge in [-0.15, -0.1) is 0 Å². The van der Waals surface area contributed by atoms with E-state index in [4.69, 9.17) is 0 Å². The molecule has 132 valence electrons. The van der Waals surface area contributed by atoms with E-state index in [0.29, 0.717) is 21.0 Å². The van der Waals surface area contributed by atoms with E-state index in [0.717, 1.165) is 6.54 Å². The van der Waals surface area contributed by atoms with Gasteiger partial charge >= 0.3 is 163 Å². The van der Waals surface area contributed by atoms with Gasteiger partial charge in [-0.1, -0.05) is 0 Å². The molecule has 2 heteroatoms. The standard InChI is InChI=1S/C24H25NSe/c1-24(21-13-7-3-8-14-21)17-22(19-26-23-15-9-4-10-16-23)25(24)18-20-11-5-2-6-12-20/h2-16,22H,17-19H2,1H3. The zero-order chi connectivity index (χ0) is 17.8. The number of hydrogen-bond acceptors (Lipinski definition) is 1. The SMILES string of the molecule is CC1(c2ccccc2)CC(C[Se]c2ccccc2)N1Cc1ccccc1. The number of rotatable bonds is 6. The van der Waals surface area contributed by atoms with Crippen molar-refractivity contribution in [2.75, 3.05) is 0 Å². The van der Waals surface area contributed by atoms with Gasteiger partial charge in [0.1, 0.15) is 0 Å². The summed E-state index contributed by atoms with van der Waals surface area (Å²) in [4.78, 5) is 2.72. The number of benzene rings is 3. The van der Waals surface area contributed by atoms with E-state index in [2.05, 4.69) is 103 Å². The molecule has 0 amide bonds. The van der Waals surface area contributed by atoms with Crippen LogP contribution in [0.2, 0.25) is 5.32 Å². The molecule has 1 saturated heterocycles. The van der Waals surface area contributed by atoms with Crippen molar-refractivity contribution < 1.29 is 0 Å². The summed E-state index contributed by atoms with van der Waals surface area (Å²) in [5.41, 5.74) is 3.00. The predicted molar refractivity (Wildman–Crippen MR) is 111 cm³/mol. The van der Waals surface area contributed by atoms with Crippen LogP contribution in [0.3, 0.4) is 0 Å². The predicted octanol–water partition coefficient (Wildman–Crippen LogP) is 4.62. The average molecular weight is 406 g/mol. The first-order valence-corrected chi connectivity index (χ1v) is 11.4. The van der Waals surface area contributed by atoms with Gasteiger partial charge < -0.3 is 0 Å². The normalized spacial score (nSPS) is 22.7. The summed E-state index contributed by atoms with van der Waals surface area (Å²) in [5, 5.41) is 1.28. The van der Waals surface area contributed by atoms with E-state index in [1.807, 2.05) is 0 Å². The van der Waals surface area contributed by atoms with E-state index < -0.39 is 0 Å². The van der Waals surface area contributed by atoms with Crippen molar-refractivity contribution in [3.8, 4) is 0 Å². The van der Waals surface area contributed by atoms with E-state index >= 15 is 0 Å². The zero-order valence-electron chi connectivity index (χ0n) is 15.2. The van der Waals surface area contributed by atoms with Gasteiger partial charge in [0.25, 0.3) is 0 Å². The molecular weight excluding hydrogens is 381 g/mol. The van der Waals surface area contributed by atoms with Crippen LogP contribution in [-0.4, -0.2) is 25.9 Å². The molecule has 0 bridgehead atoms. The second kappa shape index (κ2) is 7.80. The second-order valence-electron chi connectivity index (χ2n) is 7.24. The molecular formula is C24H25NSe. The van der Waals surface area contributed by atoms with Crippen LogP contribution < -0.4 is 4.46 Å². The Morgan fingerprint density at radius 3 is 2.08 bits per heavy atom. The van der Waals surface area contributed by atoms with Gasteiger partial charge in [-0.05, 0) is 0 Å². The fourth-order valence-corrected chi connectivity index (χ4v) is 6.17. The molecule has 1 nitrogen and oxygen atoms in total. The van der Waals surface area contributed by atoms with Crippen LogP contribution in [0.25, 0.3) is 0 Å². The van der Waals surface area contributed by atoms with E-state index in [9.17, 15) is 0 Å². The molecule has 1 aliphatic rings. The first kappa shape index (κ1) is 17.5. The summed E-state index contributed by atoms with van der Waals surface area (Å²) in [5.74, 6) is 0. The third-order valence-electron chi connectivity index (χ3n) is 5.48. The minimum absolute atomic E-state index is 0.147. The van der Waals surface area contributed by atoms with Crippen molar-refractivity contribution in [2.45, 2.75) is 36.8 Å². The van der Waals surface area contributed by atoms with Crippen LogP contribution in [-0.2, 0) is 12.1 Å². The molecule has 4 rings (SSSR count). The molecule has 3 aromatic rings. The molecule has 2 unspecified atom stereocenters. The number of likely N-dealkylation sites (tertiary alicyclic amines) is 1. The Kier molecular flexibility index (Phi) is 5.26. The van der Waals surface area contributed by atoms with Gasteiger partial charge in [0, 0.05) is 0 Å². The molecule has 1 fully saturated rings. The van der Waals surface area contributed by atoms with Crippen LogP contribution in [0.15, 0.2) is 91.0 Å². The van der Waals surface area contributed by atoms with Crippen molar-refractivity contribution in [1.82, 2.24) is 4.90 Å². The number of hydrogen-bond donors (Lipinski definition) is 0. The Hall–Kier alpha value is -1.86. The van der Waals surface area contributed by atoms with Crippen molar-refractivity contribution in [3.63, 3.8) is 0 Å². The molecule has 2 atom stereocenters. The average Bonchev–Trinajstić information content (AvgIpc) is 2.71. The Morgan fingerprint density at radius 2 is 1.42 bits per heavy atom. The Balaban J connectivity index is 1.53. The Labute approximate surface area is 163 Å². The van der Waals surface area contributed by atoms with Crippen molar-refractivity contribution >= 4 is 19.4 Å². The van der Waals surface area contributed by atoms with Crippen molar-refractivity contribution in [2.24, 2.45) is 0 Å². The molecule has 0 radical (unpaired) electrons. The quantitative estimate of drug-likeness (QED) is 0.540. The van der Waals surface area contributed by atoms with E-state index in [-0.39, 0.29) is 5.54 Å². The summed E-state index contributed by atoms with van der Waals surface area (Å²) in [6, 6.07) is 33.6. The molecule has 1 aliphatic heterocycles. The maximum absolute atomic E-state index is 2.72. The fourth-order valence-electron chi connectivity index (χ4n) is 4.00. The van der Waals surface area contributed by atoms with Gasteiger partial charge in [-0.25, -0.2) is 0 Å². The molecule has 0 spiro atoms. The summed E-state index contributed by atoms with van der Waals surface area (Å²) in [6.07, 6.45) is 1.25.